The monoisotopic (exact) mass is 245 g/mol. The summed E-state index contributed by atoms with van der Waals surface area (Å²) in [5.41, 5.74) is 6.50. The summed E-state index contributed by atoms with van der Waals surface area (Å²) >= 11 is 0. The maximum Gasteiger partial charge on any atom is 0.143 e. The fourth-order valence-corrected chi connectivity index (χ4v) is 2.83. The first-order valence-electron chi connectivity index (χ1n) is 4.53. The first-order chi connectivity index (χ1) is 6.92. The molecule has 0 aliphatic rings. The van der Waals surface area contributed by atoms with Crippen molar-refractivity contribution in [3.05, 3.63) is 29.8 Å². The van der Waals surface area contributed by atoms with Gasteiger partial charge in [0.2, 0.25) is 0 Å². The van der Waals surface area contributed by atoms with Crippen LogP contribution in [0.1, 0.15) is 19.4 Å². The maximum atomic E-state index is 10.1. The highest BCUT2D eigenvalue weighted by Crippen LogP contribution is 2.42. The number of aliphatic hydroxyl groups is 2. The molecule has 0 aliphatic carbocycles. The molecule has 1 rings (SSSR count). The molecule has 1 aromatic rings. The van der Waals surface area contributed by atoms with E-state index in [0.29, 0.717) is 5.69 Å². The molecule has 0 saturated heterocycles. The van der Waals surface area contributed by atoms with Crippen LogP contribution in [0, 0.1) is 0 Å². The quantitative estimate of drug-likeness (QED) is 0.431. The van der Waals surface area contributed by atoms with Crippen LogP contribution < -0.4 is 5.73 Å². The molecule has 0 saturated carbocycles. The van der Waals surface area contributed by atoms with Crippen molar-refractivity contribution < 1.29 is 10.2 Å². The molecule has 0 bridgehead atoms. The van der Waals surface area contributed by atoms with Crippen molar-refractivity contribution in [3.8, 4) is 0 Å². The van der Waals surface area contributed by atoms with Gasteiger partial charge >= 0.3 is 0 Å². The molecular weight excluding hydrogens is 230 g/mol. The number of hydrogen-bond acceptors (Lipinski definition) is 5. The SMILES string of the molecule is CC(O)SSC(C)(O)c1ccc(N)cc1. The zero-order valence-electron chi connectivity index (χ0n) is 8.68. The van der Waals surface area contributed by atoms with Gasteiger partial charge in [-0.05, 0) is 31.5 Å². The third kappa shape index (κ3) is 3.95. The first-order valence-corrected chi connectivity index (χ1v) is 6.74. The van der Waals surface area contributed by atoms with Crippen molar-refractivity contribution >= 4 is 27.3 Å². The lowest BCUT2D eigenvalue weighted by Crippen LogP contribution is -2.15. The van der Waals surface area contributed by atoms with E-state index in [4.69, 9.17) is 10.8 Å². The van der Waals surface area contributed by atoms with Gasteiger partial charge in [0, 0.05) is 5.69 Å². The summed E-state index contributed by atoms with van der Waals surface area (Å²) < 4.78 is 0. The number of aliphatic hydroxyl groups excluding tert-OH is 1. The first kappa shape index (κ1) is 12.7. The van der Waals surface area contributed by atoms with Crippen LogP contribution in [-0.2, 0) is 4.93 Å². The van der Waals surface area contributed by atoms with E-state index in [-0.39, 0.29) is 0 Å². The van der Waals surface area contributed by atoms with Gasteiger partial charge in [-0.25, -0.2) is 0 Å². The van der Waals surface area contributed by atoms with Crippen molar-refractivity contribution in [2.75, 3.05) is 5.73 Å². The molecule has 4 N–H and O–H groups in total. The van der Waals surface area contributed by atoms with Gasteiger partial charge < -0.3 is 15.9 Å². The van der Waals surface area contributed by atoms with E-state index in [1.165, 1.54) is 21.6 Å². The Labute approximate surface area is 97.5 Å². The van der Waals surface area contributed by atoms with E-state index in [0.717, 1.165) is 5.56 Å². The van der Waals surface area contributed by atoms with E-state index in [9.17, 15) is 5.11 Å². The number of rotatable bonds is 4. The number of anilines is 1. The zero-order valence-corrected chi connectivity index (χ0v) is 10.3. The third-order valence-corrected chi connectivity index (χ3v) is 4.83. The Morgan fingerprint density at radius 3 is 2.33 bits per heavy atom. The van der Waals surface area contributed by atoms with Crippen LogP contribution in [0.4, 0.5) is 5.69 Å². The van der Waals surface area contributed by atoms with Gasteiger partial charge in [-0.15, -0.1) is 0 Å². The smallest absolute Gasteiger partial charge is 0.143 e. The van der Waals surface area contributed by atoms with Crippen LogP contribution in [-0.4, -0.2) is 15.6 Å². The summed E-state index contributed by atoms with van der Waals surface area (Å²) in [5.74, 6) is 0. The predicted molar refractivity (Wildman–Crippen MR) is 67.3 cm³/mol. The lowest BCUT2D eigenvalue weighted by molar-refractivity contribution is 0.161. The third-order valence-electron chi connectivity index (χ3n) is 1.80. The Morgan fingerprint density at radius 2 is 1.87 bits per heavy atom. The van der Waals surface area contributed by atoms with Crippen molar-refractivity contribution in [1.29, 1.82) is 0 Å². The van der Waals surface area contributed by atoms with E-state index in [2.05, 4.69) is 0 Å². The van der Waals surface area contributed by atoms with Crippen LogP contribution in [0.25, 0.3) is 0 Å². The normalized spacial score (nSPS) is 17.1. The summed E-state index contributed by atoms with van der Waals surface area (Å²) in [7, 11) is 2.46. The molecule has 1 aromatic carbocycles. The minimum Gasteiger partial charge on any atom is -0.399 e. The predicted octanol–water partition coefficient (Wildman–Crippen LogP) is 2.15. The largest absolute Gasteiger partial charge is 0.399 e. The topological polar surface area (TPSA) is 66.5 Å². The van der Waals surface area contributed by atoms with Crippen LogP contribution >= 0.6 is 21.6 Å². The Bertz CT molecular complexity index is 312. The molecule has 2 unspecified atom stereocenters. The number of benzene rings is 1. The molecule has 0 spiro atoms. The summed E-state index contributed by atoms with van der Waals surface area (Å²) in [6.07, 6.45) is 0. The highest BCUT2D eigenvalue weighted by molar-refractivity contribution is 8.77. The molecular formula is C10H15NO2S2. The van der Waals surface area contributed by atoms with Crippen molar-refractivity contribution in [1.82, 2.24) is 0 Å². The Kier molecular flexibility index (Phi) is 4.33. The van der Waals surface area contributed by atoms with E-state index < -0.39 is 10.4 Å². The molecule has 0 fully saturated rings. The molecule has 3 nitrogen and oxygen atoms in total. The van der Waals surface area contributed by atoms with E-state index in [1.807, 2.05) is 0 Å². The number of nitrogen functional groups attached to an aromatic ring is 1. The van der Waals surface area contributed by atoms with Gasteiger partial charge in [-0.1, -0.05) is 33.7 Å². The average Bonchev–Trinajstić information content (AvgIpc) is 2.16. The fraction of sp³-hybridized carbons (Fsp3) is 0.400. The van der Waals surface area contributed by atoms with Gasteiger partial charge in [0.25, 0.3) is 0 Å². The molecule has 15 heavy (non-hydrogen) atoms. The van der Waals surface area contributed by atoms with Crippen molar-refractivity contribution in [3.63, 3.8) is 0 Å². The summed E-state index contributed by atoms with van der Waals surface area (Å²) in [5, 5.41) is 19.2. The maximum absolute atomic E-state index is 10.1. The second kappa shape index (κ2) is 5.12. The van der Waals surface area contributed by atoms with Gasteiger partial charge in [-0.2, -0.15) is 0 Å². The van der Waals surface area contributed by atoms with Gasteiger partial charge in [0.1, 0.15) is 10.4 Å². The van der Waals surface area contributed by atoms with Gasteiger partial charge in [0.15, 0.2) is 0 Å². The molecule has 0 radical (unpaired) electrons. The Balaban J connectivity index is 2.72. The van der Waals surface area contributed by atoms with Gasteiger partial charge in [0.05, 0.1) is 0 Å². The highest BCUT2D eigenvalue weighted by atomic mass is 33.1. The molecule has 5 heteroatoms. The molecule has 0 aromatic heterocycles. The summed E-state index contributed by atoms with van der Waals surface area (Å²) in [6.45, 7) is 3.36. The minimum atomic E-state index is -1.02. The standard InChI is InChI=1S/C10H15NO2S2/c1-7(12)14-15-10(2,13)8-3-5-9(11)6-4-8/h3-7,12-13H,11H2,1-2H3. The Morgan fingerprint density at radius 1 is 1.33 bits per heavy atom. The van der Waals surface area contributed by atoms with E-state index in [1.54, 1.807) is 38.1 Å². The molecule has 0 heterocycles. The number of hydrogen-bond donors (Lipinski definition) is 3. The highest BCUT2D eigenvalue weighted by Gasteiger charge is 2.24. The molecule has 84 valence electrons. The van der Waals surface area contributed by atoms with Crippen LogP contribution in [0.5, 0.6) is 0 Å². The zero-order chi connectivity index (χ0) is 11.5. The minimum absolute atomic E-state index is 0.504. The lowest BCUT2D eigenvalue weighted by Gasteiger charge is -2.23. The van der Waals surface area contributed by atoms with Crippen LogP contribution in [0.3, 0.4) is 0 Å². The van der Waals surface area contributed by atoms with Crippen LogP contribution in [0.2, 0.25) is 0 Å². The fourth-order valence-electron chi connectivity index (χ4n) is 1.00. The summed E-state index contributed by atoms with van der Waals surface area (Å²) in [4.78, 5) is -1.02. The van der Waals surface area contributed by atoms with Gasteiger partial charge in [-0.3, -0.25) is 0 Å². The molecule has 2 atom stereocenters. The molecule has 0 aliphatic heterocycles. The Hall–Kier alpha value is -0.360. The van der Waals surface area contributed by atoms with Crippen LogP contribution in [0.15, 0.2) is 24.3 Å². The lowest BCUT2D eigenvalue weighted by atomic mass is 10.1. The van der Waals surface area contributed by atoms with Crippen molar-refractivity contribution in [2.45, 2.75) is 24.2 Å². The molecule has 0 amide bonds. The van der Waals surface area contributed by atoms with Crippen molar-refractivity contribution in [2.24, 2.45) is 0 Å². The average molecular weight is 245 g/mol. The second-order valence-electron chi connectivity index (χ2n) is 3.38. The summed E-state index contributed by atoms with van der Waals surface area (Å²) in [6, 6.07) is 7.06. The second-order valence-corrected chi connectivity index (χ2v) is 6.30. The number of nitrogens with two attached hydrogens (primary N) is 1. The van der Waals surface area contributed by atoms with E-state index >= 15 is 0 Å².